The highest BCUT2D eigenvalue weighted by atomic mass is 28.4. The summed E-state index contributed by atoms with van der Waals surface area (Å²) < 4.78 is 6.69. The molecule has 5 heteroatoms. The van der Waals surface area contributed by atoms with Crippen molar-refractivity contribution in [3.05, 3.63) is 17.2 Å². The molecule has 0 aromatic heterocycles. The number of fused-ring (bicyclic) bond motifs is 1. The zero-order valence-corrected chi connectivity index (χ0v) is 16.6. The van der Waals surface area contributed by atoms with Crippen LogP contribution in [-0.2, 0) is 9.22 Å². The number of rotatable bonds is 2. The van der Waals surface area contributed by atoms with E-state index in [9.17, 15) is 4.79 Å². The fourth-order valence-corrected chi connectivity index (χ4v) is 4.96. The fraction of sp³-hybridized carbons (Fsp3) is 0.778. The summed E-state index contributed by atoms with van der Waals surface area (Å²) in [5.74, 6) is 0.150. The number of carbonyl (C=O) groups excluding carboxylic acids is 1. The van der Waals surface area contributed by atoms with Crippen molar-refractivity contribution < 1.29 is 14.0 Å². The van der Waals surface area contributed by atoms with Crippen LogP contribution >= 0.6 is 0 Å². The summed E-state index contributed by atoms with van der Waals surface area (Å²) in [6.07, 6.45) is 4.26. The molecular weight excluding hydrogens is 304 g/mol. The molecule has 0 saturated heterocycles. The number of nitrogens with zero attached hydrogens (tertiary/aromatic N) is 2. The van der Waals surface area contributed by atoms with E-state index in [2.05, 4.69) is 52.5 Å². The third-order valence-corrected chi connectivity index (χ3v) is 11.0. The third kappa shape index (κ3) is 3.15. The zero-order chi connectivity index (χ0) is 17.6. The monoisotopic (exact) mass is 334 g/mol. The largest absolute Gasteiger partial charge is 0.414 e. The van der Waals surface area contributed by atoms with Crippen molar-refractivity contribution >= 4 is 19.8 Å². The van der Waals surface area contributed by atoms with Gasteiger partial charge in [0.1, 0.15) is 0 Å². The third-order valence-electron chi connectivity index (χ3n) is 6.49. The van der Waals surface area contributed by atoms with Crippen LogP contribution < -0.4 is 0 Å². The molecule has 0 N–H and O–H groups in total. The Kier molecular flexibility index (Phi) is 4.62. The van der Waals surface area contributed by atoms with Gasteiger partial charge in [0, 0.05) is 11.5 Å². The SMILES string of the molecule is C[C@H]1[C@H](O[Si](C)(C)C(C)(C)C)CCC2=CC(=O)C(=[N+]=[N-])C[C@@]21C. The molecule has 3 atom stereocenters. The standard InChI is InChI=1S/C18H30N2O2Si/c1-12-16(22-23(6,7)17(2,3)4)9-8-13-10-15(21)14(20-19)11-18(12,13)5/h10,12,16H,8-9,11H2,1-7H3/t12-,16+,18+/m0/s1. The molecule has 4 nitrogen and oxygen atoms in total. The van der Waals surface area contributed by atoms with E-state index in [0.717, 1.165) is 12.8 Å². The molecule has 1 fully saturated rings. The topological polar surface area (TPSA) is 62.7 Å². The second-order valence-electron chi connectivity index (χ2n) is 8.92. The van der Waals surface area contributed by atoms with Crippen molar-refractivity contribution in [3.8, 4) is 0 Å². The molecule has 0 heterocycles. The van der Waals surface area contributed by atoms with Crippen molar-refractivity contribution in [2.45, 2.75) is 78.1 Å². The quantitative estimate of drug-likeness (QED) is 0.427. The number of carbonyl (C=O) groups is 1. The van der Waals surface area contributed by atoms with Crippen LogP contribution in [0.15, 0.2) is 11.6 Å². The zero-order valence-electron chi connectivity index (χ0n) is 15.6. The van der Waals surface area contributed by atoms with E-state index in [-0.39, 0.29) is 28.1 Å². The molecule has 1 saturated carbocycles. The normalized spacial score (nSPS) is 32.2. The van der Waals surface area contributed by atoms with Gasteiger partial charge in [-0.15, -0.1) is 0 Å². The summed E-state index contributed by atoms with van der Waals surface area (Å²) in [6.45, 7) is 15.8. The minimum atomic E-state index is -1.83. The Morgan fingerprint density at radius 1 is 1.39 bits per heavy atom. The van der Waals surface area contributed by atoms with E-state index in [1.807, 2.05) is 0 Å². The van der Waals surface area contributed by atoms with E-state index in [4.69, 9.17) is 9.96 Å². The van der Waals surface area contributed by atoms with E-state index in [1.54, 1.807) is 6.08 Å². The molecule has 2 aliphatic rings. The highest BCUT2D eigenvalue weighted by molar-refractivity contribution is 6.74. The molecule has 0 aromatic rings. The number of ketones is 1. The van der Waals surface area contributed by atoms with Crippen LogP contribution in [0.1, 0.15) is 53.9 Å². The van der Waals surface area contributed by atoms with Crippen LogP contribution in [-0.4, -0.2) is 30.7 Å². The maximum atomic E-state index is 12.0. The number of allylic oxidation sites excluding steroid dienone is 2. The molecular formula is C18H30N2O2Si. The lowest BCUT2D eigenvalue weighted by molar-refractivity contribution is -0.115. The number of hydrogen-bond donors (Lipinski definition) is 0. The molecule has 128 valence electrons. The predicted octanol–water partition coefficient (Wildman–Crippen LogP) is 4.38. The minimum absolute atomic E-state index is 0.143. The van der Waals surface area contributed by atoms with E-state index >= 15 is 0 Å². The Hall–Kier alpha value is -1.03. The minimum Gasteiger partial charge on any atom is -0.414 e. The van der Waals surface area contributed by atoms with Crippen LogP contribution in [0.4, 0.5) is 0 Å². The fourth-order valence-electron chi connectivity index (χ4n) is 3.52. The smallest absolute Gasteiger partial charge is 0.339 e. The van der Waals surface area contributed by atoms with E-state index in [0.29, 0.717) is 12.3 Å². The van der Waals surface area contributed by atoms with E-state index < -0.39 is 8.32 Å². The summed E-state index contributed by atoms with van der Waals surface area (Å²) in [5, 5.41) is 0.185. The first-order chi connectivity index (χ1) is 10.4. The lowest BCUT2D eigenvalue weighted by Gasteiger charge is -2.50. The van der Waals surface area contributed by atoms with Crippen LogP contribution in [0.25, 0.3) is 5.53 Å². The molecule has 2 aliphatic carbocycles. The molecule has 0 aromatic carbocycles. The maximum Gasteiger partial charge on any atom is 0.339 e. The van der Waals surface area contributed by atoms with Gasteiger partial charge in [-0.3, -0.25) is 4.79 Å². The molecule has 23 heavy (non-hydrogen) atoms. The lowest BCUT2D eigenvalue weighted by atomic mass is 9.59. The summed E-state index contributed by atoms with van der Waals surface area (Å²) in [5.41, 5.74) is 10.4. The van der Waals surface area contributed by atoms with Gasteiger partial charge < -0.3 is 9.96 Å². The van der Waals surface area contributed by atoms with Gasteiger partial charge >= 0.3 is 5.71 Å². The van der Waals surface area contributed by atoms with Crippen LogP contribution in [0.3, 0.4) is 0 Å². The molecule has 0 spiro atoms. The van der Waals surface area contributed by atoms with Gasteiger partial charge in [-0.1, -0.05) is 40.2 Å². The molecule has 0 radical (unpaired) electrons. The van der Waals surface area contributed by atoms with Gasteiger partial charge in [0.2, 0.25) is 0 Å². The van der Waals surface area contributed by atoms with Gasteiger partial charge in [0.15, 0.2) is 8.32 Å². The van der Waals surface area contributed by atoms with Crippen molar-refractivity contribution in [1.82, 2.24) is 0 Å². The average Bonchev–Trinajstić information content (AvgIpc) is 2.42. The van der Waals surface area contributed by atoms with Gasteiger partial charge in [-0.2, -0.15) is 4.79 Å². The average molecular weight is 335 g/mol. The molecule has 0 amide bonds. The van der Waals surface area contributed by atoms with E-state index in [1.165, 1.54) is 5.57 Å². The second kappa shape index (κ2) is 5.80. The lowest BCUT2D eigenvalue weighted by Crippen LogP contribution is -2.51. The molecule has 0 unspecified atom stereocenters. The first-order valence-corrected chi connectivity index (χ1v) is 11.5. The molecule has 0 bridgehead atoms. The predicted molar refractivity (Wildman–Crippen MR) is 94.9 cm³/mol. The van der Waals surface area contributed by atoms with Crippen molar-refractivity contribution in [1.29, 1.82) is 0 Å². The Labute approximate surface area is 141 Å². The summed E-state index contributed by atoms with van der Waals surface area (Å²) in [6, 6.07) is 0. The first-order valence-electron chi connectivity index (χ1n) is 8.56. The van der Waals surface area contributed by atoms with Gasteiger partial charge in [0.25, 0.3) is 5.78 Å². The van der Waals surface area contributed by atoms with Gasteiger partial charge in [-0.25, -0.2) is 0 Å². The van der Waals surface area contributed by atoms with Gasteiger partial charge in [0.05, 0.1) is 6.42 Å². The number of hydrogen-bond acceptors (Lipinski definition) is 2. The molecule has 2 rings (SSSR count). The maximum absolute atomic E-state index is 12.0. The second-order valence-corrected chi connectivity index (χ2v) is 13.7. The Bertz CT molecular complexity index is 597. The van der Waals surface area contributed by atoms with Crippen LogP contribution in [0.2, 0.25) is 18.1 Å². The van der Waals surface area contributed by atoms with Crippen LogP contribution in [0, 0.1) is 11.3 Å². The Morgan fingerprint density at radius 2 is 2.00 bits per heavy atom. The van der Waals surface area contributed by atoms with Gasteiger partial charge in [-0.05, 0) is 43.0 Å². The summed E-state index contributed by atoms with van der Waals surface area (Å²) >= 11 is 0. The Balaban J connectivity index is 2.30. The summed E-state index contributed by atoms with van der Waals surface area (Å²) in [7, 11) is -1.83. The molecule has 0 aliphatic heterocycles. The van der Waals surface area contributed by atoms with Crippen LogP contribution in [0.5, 0.6) is 0 Å². The first kappa shape index (κ1) is 18.3. The van der Waals surface area contributed by atoms with Crippen molar-refractivity contribution in [3.63, 3.8) is 0 Å². The Morgan fingerprint density at radius 3 is 2.52 bits per heavy atom. The summed E-state index contributed by atoms with van der Waals surface area (Å²) in [4.78, 5) is 15.2. The highest BCUT2D eigenvalue weighted by Crippen LogP contribution is 2.51. The highest BCUT2D eigenvalue weighted by Gasteiger charge is 2.51. The van der Waals surface area contributed by atoms with Crippen molar-refractivity contribution in [2.24, 2.45) is 11.3 Å². The van der Waals surface area contributed by atoms with Crippen molar-refractivity contribution in [2.75, 3.05) is 0 Å².